The molecular formula is C18H15F3N2O2. The number of aromatic nitrogens is 2. The van der Waals surface area contributed by atoms with Gasteiger partial charge in [-0.15, -0.1) is 0 Å². The third-order valence-electron chi connectivity index (χ3n) is 3.91. The smallest absolute Gasteiger partial charge is 0.376 e. The van der Waals surface area contributed by atoms with E-state index in [1.807, 2.05) is 19.1 Å². The molecular weight excluding hydrogens is 333 g/mol. The number of hydrogen-bond donors (Lipinski definition) is 1. The van der Waals surface area contributed by atoms with E-state index in [1.54, 1.807) is 18.2 Å². The van der Waals surface area contributed by atoms with Gasteiger partial charge in [-0.25, -0.2) is 0 Å². The van der Waals surface area contributed by atoms with Crippen LogP contribution in [0.15, 0.2) is 59.1 Å². The average molecular weight is 348 g/mol. The number of halogens is 3. The van der Waals surface area contributed by atoms with Crippen LogP contribution in [0, 0.1) is 6.92 Å². The first kappa shape index (κ1) is 17.2. The largest absolute Gasteiger partial charge is 0.421 e. The van der Waals surface area contributed by atoms with E-state index in [4.69, 9.17) is 4.52 Å². The molecule has 0 spiro atoms. The van der Waals surface area contributed by atoms with Crippen molar-refractivity contribution in [3.05, 3.63) is 71.6 Å². The van der Waals surface area contributed by atoms with Crippen molar-refractivity contribution in [3.8, 4) is 11.4 Å². The average Bonchev–Trinajstić information content (AvgIpc) is 3.03. The molecule has 1 heterocycles. The topological polar surface area (TPSA) is 59.2 Å². The predicted octanol–water partition coefficient (Wildman–Crippen LogP) is 4.04. The lowest BCUT2D eigenvalue weighted by Gasteiger charge is -2.29. The molecule has 0 saturated heterocycles. The van der Waals surface area contributed by atoms with E-state index in [1.165, 1.54) is 24.3 Å². The van der Waals surface area contributed by atoms with E-state index in [2.05, 4.69) is 10.1 Å². The summed E-state index contributed by atoms with van der Waals surface area (Å²) in [6.07, 6.45) is -5.76. The highest BCUT2D eigenvalue weighted by atomic mass is 19.4. The zero-order valence-corrected chi connectivity index (χ0v) is 13.3. The summed E-state index contributed by atoms with van der Waals surface area (Å²) in [6, 6.07) is 14.0. The Hall–Kier alpha value is -2.67. The number of nitrogens with zero attached hydrogens (tertiary/aromatic N) is 2. The van der Waals surface area contributed by atoms with Gasteiger partial charge in [-0.2, -0.15) is 18.2 Å². The van der Waals surface area contributed by atoms with Crippen LogP contribution in [0.3, 0.4) is 0 Å². The van der Waals surface area contributed by atoms with Gasteiger partial charge in [-0.1, -0.05) is 65.3 Å². The third kappa shape index (κ3) is 3.41. The lowest BCUT2D eigenvalue weighted by molar-refractivity contribution is -0.267. The van der Waals surface area contributed by atoms with Gasteiger partial charge in [-0.3, -0.25) is 0 Å². The van der Waals surface area contributed by atoms with Crippen LogP contribution in [-0.4, -0.2) is 21.4 Å². The van der Waals surface area contributed by atoms with Gasteiger partial charge >= 0.3 is 6.18 Å². The monoisotopic (exact) mass is 348 g/mol. The van der Waals surface area contributed by atoms with Crippen LogP contribution >= 0.6 is 0 Å². The standard InChI is InChI=1S/C18H15F3N2O2/c1-12-7-9-13(10-8-12)16-22-15(25-23-16)11-17(24,18(19,20)21)14-5-3-2-4-6-14/h2-10,24H,11H2,1H3/t17-/m1/s1. The maximum Gasteiger partial charge on any atom is 0.421 e. The summed E-state index contributed by atoms with van der Waals surface area (Å²) in [5, 5.41) is 14.0. The van der Waals surface area contributed by atoms with Gasteiger partial charge in [0.1, 0.15) is 0 Å². The Kier molecular flexibility index (Phi) is 4.34. The Morgan fingerprint density at radius 2 is 1.64 bits per heavy atom. The quantitative estimate of drug-likeness (QED) is 0.773. The molecule has 2 aromatic carbocycles. The van der Waals surface area contributed by atoms with Crippen LogP contribution in [0.5, 0.6) is 0 Å². The molecule has 3 aromatic rings. The van der Waals surface area contributed by atoms with E-state index in [-0.39, 0.29) is 17.3 Å². The zero-order chi connectivity index (χ0) is 18.1. The second-order valence-electron chi connectivity index (χ2n) is 5.78. The van der Waals surface area contributed by atoms with E-state index < -0.39 is 18.2 Å². The van der Waals surface area contributed by atoms with Crippen molar-refractivity contribution in [1.29, 1.82) is 0 Å². The number of alkyl halides is 3. The van der Waals surface area contributed by atoms with Crippen molar-refractivity contribution >= 4 is 0 Å². The van der Waals surface area contributed by atoms with Crippen LogP contribution in [0.1, 0.15) is 17.0 Å². The molecule has 1 N–H and O–H groups in total. The summed E-state index contributed by atoms with van der Waals surface area (Å²) >= 11 is 0. The summed E-state index contributed by atoms with van der Waals surface area (Å²) in [5.41, 5.74) is -1.73. The molecule has 0 saturated carbocycles. The van der Waals surface area contributed by atoms with Gasteiger partial charge in [0.05, 0.1) is 6.42 Å². The number of aryl methyl sites for hydroxylation is 1. The highest BCUT2D eigenvalue weighted by molar-refractivity contribution is 5.54. The van der Waals surface area contributed by atoms with E-state index in [0.29, 0.717) is 5.56 Å². The first-order chi connectivity index (χ1) is 11.8. The Bertz CT molecular complexity index is 845. The fraction of sp³-hybridized carbons (Fsp3) is 0.222. The summed E-state index contributed by atoms with van der Waals surface area (Å²) in [6.45, 7) is 1.91. The Balaban J connectivity index is 1.92. The minimum atomic E-state index is -4.90. The molecule has 0 fully saturated rings. The molecule has 0 bridgehead atoms. The predicted molar refractivity (Wildman–Crippen MR) is 84.6 cm³/mol. The number of benzene rings is 2. The fourth-order valence-corrected chi connectivity index (χ4v) is 2.45. The van der Waals surface area contributed by atoms with Gasteiger partial charge in [0.2, 0.25) is 11.7 Å². The molecule has 0 aliphatic carbocycles. The molecule has 4 nitrogen and oxygen atoms in total. The minimum Gasteiger partial charge on any atom is -0.376 e. The van der Waals surface area contributed by atoms with Crippen molar-refractivity contribution in [1.82, 2.24) is 10.1 Å². The third-order valence-corrected chi connectivity index (χ3v) is 3.91. The number of aliphatic hydroxyl groups is 1. The van der Waals surface area contributed by atoms with E-state index in [9.17, 15) is 18.3 Å². The van der Waals surface area contributed by atoms with Crippen molar-refractivity contribution in [3.63, 3.8) is 0 Å². The molecule has 7 heteroatoms. The minimum absolute atomic E-state index is 0.174. The van der Waals surface area contributed by atoms with Crippen LogP contribution in [0.4, 0.5) is 13.2 Å². The Labute approximate surface area is 141 Å². The van der Waals surface area contributed by atoms with Crippen LogP contribution < -0.4 is 0 Å². The second-order valence-corrected chi connectivity index (χ2v) is 5.78. The van der Waals surface area contributed by atoms with Gasteiger partial charge in [0.25, 0.3) is 0 Å². The molecule has 0 radical (unpaired) electrons. The molecule has 3 rings (SSSR count). The summed E-state index contributed by atoms with van der Waals surface area (Å²) in [4.78, 5) is 4.00. The lowest BCUT2D eigenvalue weighted by atomic mass is 9.89. The van der Waals surface area contributed by atoms with Gasteiger partial charge in [0, 0.05) is 5.56 Å². The van der Waals surface area contributed by atoms with E-state index >= 15 is 0 Å². The first-order valence-electron chi connectivity index (χ1n) is 7.54. The van der Waals surface area contributed by atoms with Crippen molar-refractivity contribution < 1.29 is 22.8 Å². The van der Waals surface area contributed by atoms with Gasteiger partial charge in [0.15, 0.2) is 5.60 Å². The van der Waals surface area contributed by atoms with Crippen molar-refractivity contribution in [2.45, 2.75) is 25.1 Å². The van der Waals surface area contributed by atoms with Gasteiger partial charge < -0.3 is 9.63 Å². The first-order valence-corrected chi connectivity index (χ1v) is 7.54. The highest BCUT2D eigenvalue weighted by Crippen LogP contribution is 2.41. The fourth-order valence-electron chi connectivity index (χ4n) is 2.45. The summed E-state index contributed by atoms with van der Waals surface area (Å²) in [5.74, 6) is -0.119. The molecule has 0 unspecified atom stereocenters. The SMILES string of the molecule is Cc1ccc(-c2noc(C[C@@](O)(c3ccccc3)C(F)(F)F)n2)cc1. The maximum absolute atomic E-state index is 13.5. The molecule has 1 atom stereocenters. The Morgan fingerprint density at radius 3 is 2.24 bits per heavy atom. The molecule has 0 amide bonds. The number of rotatable bonds is 4. The summed E-state index contributed by atoms with van der Waals surface area (Å²) in [7, 11) is 0. The maximum atomic E-state index is 13.5. The molecule has 0 aliphatic heterocycles. The van der Waals surface area contributed by atoms with Gasteiger partial charge in [-0.05, 0) is 12.5 Å². The molecule has 0 aliphatic rings. The van der Waals surface area contributed by atoms with Crippen molar-refractivity contribution in [2.24, 2.45) is 0 Å². The molecule has 130 valence electrons. The zero-order valence-electron chi connectivity index (χ0n) is 13.3. The van der Waals surface area contributed by atoms with Crippen LogP contribution in [-0.2, 0) is 12.0 Å². The van der Waals surface area contributed by atoms with Crippen molar-refractivity contribution in [2.75, 3.05) is 0 Å². The van der Waals surface area contributed by atoms with E-state index in [0.717, 1.165) is 5.56 Å². The number of hydrogen-bond acceptors (Lipinski definition) is 4. The lowest BCUT2D eigenvalue weighted by Crippen LogP contribution is -2.44. The van der Waals surface area contributed by atoms with Crippen LogP contribution in [0.2, 0.25) is 0 Å². The molecule has 1 aromatic heterocycles. The summed E-state index contributed by atoms with van der Waals surface area (Å²) < 4.78 is 45.5. The Morgan fingerprint density at radius 1 is 1.00 bits per heavy atom. The van der Waals surface area contributed by atoms with Crippen LogP contribution in [0.25, 0.3) is 11.4 Å². The second kappa shape index (κ2) is 6.33. The highest BCUT2D eigenvalue weighted by Gasteiger charge is 2.55. The normalized spacial score (nSPS) is 14.3. The molecule has 25 heavy (non-hydrogen) atoms.